The summed E-state index contributed by atoms with van der Waals surface area (Å²) in [5.74, 6) is -0.585. The van der Waals surface area contributed by atoms with Crippen LogP contribution in [0.4, 0.5) is 4.39 Å². The molecule has 24 heavy (non-hydrogen) atoms. The highest BCUT2D eigenvalue weighted by atomic mass is 19.1. The molecule has 0 spiro atoms. The van der Waals surface area contributed by atoms with Gasteiger partial charge in [0.25, 0.3) is 5.91 Å². The number of quaternary nitrogens is 1. The Balaban J connectivity index is 1.65. The van der Waals surface area contributed by atoms with Gasteiger partial charge >= 0.3 is 0 Å². The lowest BCUT2D eigenvalue weighted by molar-refractivity contribution is -0.901. The van der Waals surface area contributed by atoms with Crippen molar-refractivity contribution in [2.75, 3.05) is 13.1 Å². The summed E-state index contributed by atoms with van der Waals surface area (Å²) in [6.45, 7) is 5.61. The minimum Gasteiger partial charge on any atom is -0.348 e. The van der Waals surface area contributed by atoms with E-state index in [-0.39, 0.29) is 11.7 Å². The lowest BCUT2D eigenvalue weighted by Crippen LogP contribution is -3.08. The van der Waals surface area contributed by atoms with Crippen molar-refractivity contribution in [1.82, 2.24) is 5.32 Å². The SMILES string of the molecule is Cc1ccc(C(=O)NCc2ccccc2C[NH+]2CCCC2)cc1F. The normalized spacial score (nSPS) is 14.8. The molecule has 1 heterocycles. The van der Waals surface area contributed by atoms with Gasteiger partial charge in [0.05, 0.1) is 13.1 Å². The molecule has 4 heteroatoms. The minimum atomic E-state index is -0.347. The summed E-state index contributed by atoms with van der Waals surface area (Å²) in [4.78, 5) is 13.9. The van der Waals surface area contributed by atoms with Gasteiger partial charge in [-0.1, -0.05) is 30.3 Å². The molecule has 1 aliphatic heterocycles. The third kappa shape index (κ3) is 4.01. The Kier molecular flexibility index (Phi) is 5.26. The molecule has 3 nitrogen and oxygen atoms in total. The summed E-state index contributed by atoms with van der Waals surface area (Å²) in [6.07, 6.45) is 2.60. The predicted octanol–water partition coefficient (Wildman–Crippen LogP) is 2.24. The number of amides is 1. The van der Waals surface area contributed by atoms with Crippen LogP contribution in [0.5, 0.6) is 0 Å². The van der Waals surface area contributed by atoms with E-state index >= 15 is 0 Å². The van der Waals surface area contributed by atoms with E-state index in [1.165, 1.54) is 37.6 Å². The lowest BCUT2D eigenvalue weighted by atomic mass is 10.1. The molecule has 0 aliphatic carbocycles. The van der Waals surface area contributed by atoms with Crippen LogP contribution in [-0.4, -0.2) is 19.0 Å². The van der Waals surface area contributed by atoms with Crippen molar-refractivity contribution in [2.24, 2.45) is 0 Å². The van der Waals surface area contributed by atoms with E-state index in [0.29, 0.717) is 17.7 Å². The maximum Gasteiger partial charge on any atom is 0.251 e. The number of aryl methyl sites for hydroxylation is 1. The number of rotatable bonds is 5. The van der Waals surface area contributed by atoms with Crippen molar-refractivity contribution in [2.45, 2.75) is 32.9 Å². The largest absolute Gasteiger partial charge is 0.348 e. The Bertz CT molecular complexity index is 723. The van der Waals surface area contributed by atoms with Gasteiger partial charge < -0.3 is 10.2 Å². The zero-order chi connectivity index (χ0) is 16.9. The maximum absolute atomic E-state index is 13.6. The van der Waals surface area contributed by atoms with Crippen molar-refractivity contribution in [3.63, 3.8) is 0 Å². The fraction of sp³-hybridized carbons (Fsp3) is 0.350. The Morgan fingerprint density at radius 1 is 1.12 bits per heavy atom. The van der Waals surface area contributed by atoms with E-state index < -0.39 is 0 Å². The number of benzene rings is 2. The summed E-state index contributed by atoms with van der Waals surface area (Å²) in [7, 11) is 0. The highest BCUT2D eigenvalue weighted by Gasteiger charge is 2.17. The van der Waals surface area contributed by atoms with Gasteiger partial charge in [-0.15, -0.1) is 0 Å². The molecule has 0 aromatic heterocycles. The number of carbonyl (C=O) groups is 1. The Morgan fingerprint density at radius 3 is 2.54 bits per heavy atom. The molecule has 3 rings (SSSR count). The molecule has 1 fully saturated rings. The fourth-order valence-electron chi connectivity index (χ4n) is 3.24. The molecule has 0 saturated carbocycles. The third-order valence-electron chi connectivity index (χ3n) is 4.74. The highest BCUT2D eigenvalue weighted by molar-refractivity contribution is 5.94. The summed E-state index contributed by atoms with van der Waals surface area (Å²) in [5, 5.41) is 2.91. The Hall–Kier alpha value is -2.20. The monoisotopic (exact) mass is 327 g/mol. The molecule has 0 radical (unpaired) electrons. The first-order valence-corrected chi connectivity index (χ1v) is 8.58. The van der Waals surface area contributed by atoms with Gasteiger partial charge in [0.1, 0.15) is 12.4 Å². The van der Waals surface area contributed by atoms with Crippen molar-refractivity contribution in [1.29, 1.82) is 0 Å². The summed E-state index contributed by atoms with van der Waals surface area (Å²) in [5.41, 5.74) is 3.33. The average molecular weight is 327 g/mol. The molecule has 1 saturated heterocycles. The number of likely N-dealkylation sites (tertiary alicyclic amines) is 1. The Labute approximate surface area is 142 Å². The van der Waals surface area contributed by atoms with Gasteiger partial charge in [0.15, 0.2) is 0 Å². The van der Waals surface area contributed by atoms with Crippen LogP contribution < -0.4 is 10.2 Å². The molecule has 2 N–H and O–H groups in total. The first-order chi connectivity index (χ1) is 11.6. The van der Waals surface area contributed by atoms with Crippen LogP contribution in [0.1, 0.15) is 39.9 Å². The smallest absolute Gasteiger partial charge is 0.251 e. The van der Waals surface area contributed by atoms with Crippen LogP contribution in [0, 0.1) is 12.7 Å². The second-order valence-corrected chi connectivity index (χ2v) is 6.55. The molecule has 1 amide bonds. The number of carbonyl (C=O) groups excluding carboxylic acids is 1. The average Bonchev–Trinajstić information content (AvgIpc) is 3.09. The molecule has 0 unspecified atom stereocenters. The van der Waals surface area contributed by atoms with Crippen LogP contribution >= 0.6 is 0 Å². The van der Waals surface area contributed by atoms with Crippen molar-refractivity contribution in [3.05, 3.63) is 70.5 Å². The number of halogens is 1. The quantitative estimate of drug-likeness (QED) is 0.868. The third-order valence-corrected chi connectivity index (χ3v) is 4.74. The minimum absolute atomic E-state index is 0.239. The van der Waals surface area contributed by atoms with E-state index in [1.54, 1.807) is 24.0 Å². The molecule has 1 aliphatic rings. The van der Waals surface area contributed by atoms with E-state index in [1.807, 2.05) is 12.1 Å². The van der Waals surface area contributed by atoms with Crippen molar-refractivity contribution >= 4 is 5.91 Å². The van der Waals surface area contributed by atoms with Crippen LogP contribution in [0.2, 0.25) is 0 Å². The van der Waals surface area contributed by atoms with Gasteiger partial charge in [0, 0.05) is 30.5 Å². The summed E-state index contributed by atoms with van der Waals surface area (Å²) in [6, 6.07) is 12.8. The van der Waals surface area contributed by atoms with E-state index in [0.717, 1.165) is 12.1 Å². The van der Waals surface area contributed by atoms with Gasteiger partial charge in [-0.25, -0.2) is 4.39 Å². The second-order valence-electron chi connectivity index (χ2n) is 6.55. The van der Waals surface area contributed by atoms with Gasteiger partial charge in [-0.3, -0.25) is 4.79 Å². The van der Waals surface area contributed by atoms with Crippen LogP contribution in [-0.2, 0) is 13.1 Å². The van der Waals surface area contributed by atoms with E-state index in [4.69, 9.17) is 0 Å². The number of hydrogen-bond acceptors (Lipinski definition) is 1. The van der Waals surface area contributed by atoms with Crippen LogP contribution in [0.15, 0.2) is 42.5 Å². The molecule has 2 aromatic carbocycles. The zero-order valence-corrected chi connectivity index (χ0v) is 14.1. The van der Waals surface area contributed by atoms with Crippen LogP contribution in [0.3, 0.4) is 0 Å². The van der Waals surface area contributed by atoms with Gasteiger partial charge in [0.2, 0.25) is 0 Å². The van der Waals surface area contributed by atoms with Gasteiger partial charge in [-0.2, -0.15) is 0 Å². The topological polar surface area (TPSA) is 33.5 Å². The highest BCUT2D eigenvalue weighted by Crippen LogP contribution is 2.11. The molecule has 0 bridgehead atoms. The first-order valence-electron chi connectivity index (χ1n) is 8.58. The molecule has 0 atom stereocenters. The summed E-state index contributed by atoms with van der Waals surface area (Å²) >= 11 is 0. The zero-order valence-electron chi connectivity index (χ0n) is 14.1. The van der Waals surface area contributed by atoms with Crippen molar-refractivity contribution in [3.8, 4) is 0 Å². The first kappa shape index (κ1) is 16.7. The van der Waals surface area contributed by atoms with Crippen molar-refractivity contribution < 1.29 is 14.1 Å². The summed E-state index contributed by atoms with van der Waals surface area (Å²) < 4.78 is 13.6. The maximum atomic E-state index is 13.6. The second kappa shape index (κ2) is 7.58. The standard InChI is InChI=1S/C20H23FN2O/c1-15-8-9-16(12-19(15)21)20(24)22-13-17-6-2-3-7-18(17)14-23-10-4-5-11-23/h2-3,6-9,12H,4-5,10-11,13-14H2,1H3,(H,22,24)/p+1. The molecule has 2 aromatic rings. The Morgan fingerprint density at radius 2 is 1.83 bits per heavy atom. The number of hydrogen-bond donors (Lipinski definition) is 2. The predicted molar refractivity (Wildman–Crippen MR) is 92.4 cm³/mol. The lowest BCUT2D eigenvalue weighted by Gasteiger charge is -2.15. The molecule has 126 valence electrons. The number of nitrogens with one attached hydrogen (secondary N) is 2. The fourth-order valence-corrected chi connectivity index (χ4v) is 3.24. The van der Waals surface area contributed by atoms with Gasteiger partial charge in [-0.05, 0) is 30.2 Å². The molecular formula is C20H24FN2O+. The molecular weight excluding hydrogens is 303 g/mol. The van der Waals surface area contributed by atoms with E-state index in [9.17, 15) is 9.18 Å². The van der Waals surface area contributed by atoms with Crippen LogP contribution in [0.25, 0.3) is 0 Å². The van der Waals surface area contributed by atoms with E-state index in [2.05, 4.69) is 17.4 Å².